The summed E-state index contributed by atoms with van der Waals surface area (Å²) in [6.07, 6.45) is 2.48. The molecule has 1 aromatic heterocycles. The highest BCUT2D eigenvalue weighted by atomic mass is 19.1. The first-order valence-corrected chi connectivity index (χ1v) is 8.29. The van der Waals surface area contributed by atoms with Gasteiger partial charge < -0.3 is 14.6 Å². The number of imidazole rings is 1. The smallest absolute Gasteiger partial charge is 0.265 e. The molecular weight excluding hydrogens is 349 g/mol. The summed E-state index contributed by atoms with van der Waals surface area (Å²) in [4.78, 5) is 28.7. The van der Waals surface area contributed by atoms with Crippen LogP contribution in [0.5, 0.6) is 5.75 Å². The zero-order valence-electron chi connectivity index (χ0n) is 14.8. The largest absolute Gasteiger partial charge is 0.481 e. The van der Waals surface area contributed by atoms with E-state index in [2.05, 4.69) is 10.3 Å². The van der Waals surface area contributed by atoms with Gasteiger partial charge in [-0.1, -0.05) is 0 Å². The normalized spacial score (nSPS) is 11.7. The van der Waals surface area contributed by atoms with Crippen LogP contribution in [-0.4, -0.2) is 27.3 Å². The van der Waals surface area contributed by atoms with E-state index in [9.17, 15) is 14.0 Å². The fourth-order valence-corrected chi connectivity index (χ4v) is 2.43. The van der Waals surface area contributed by atoms with Crippen molar-refractivity contribution < 1.29 is 18.7 Å². The van der Waals surface area contributed by atoms with Gasteiger partial charge in [0.05, 0.1) is 0 Å². The molecule has 3 rings (SSSR count). The number of aromatic nitrogens is 2. The number of benzene rings is 2. The molecule has 0 radical (unpaired) electrons. The summed E-state index contributed by atoms with van der Waals surface area (Å²) in [5, 5.41) is 2.72. The van der Waals surface area contributed by atoms with E-state index in [-0.39, 0.29) is 17.5 Å². The first-order valence-electron chi connectivity index (χ1n) is 8.29. The van der Waals surface area contributed by atoms with Crippen LogP contribution in [-0.2, 0) is 11.8 Å². The van der Waals surface area contributed by atoms with Crippen LogP contribution in [0.15, 0.2) is 60.9 Å². The lowest BCUT2D eigenvalue weighted by Gasteiger charge is -2.15. The van der Waals surface area contributed by atoms with Gasteiger partial charge in [-0.15, -0.1) is 0 Å². The average molecular weight is 367 g/mol. The van der Waals surface area contributed by atoms with E-state index in [1.165, 1.54) is 24.3 Å². The number of ether oxygens (including phenoxy) is 1. The highest BCUT2D eigenvalue weighted by molar-refractivity contribution is 6.07. The van der Waals surface area contributed by atoms with Crippen LogP contribution in [0.25, 0.3) is 0 Å². The predicted molar refractivity (Wildman–Crippen MR) is 98.2 cm³/mol. The van der Waals surface area contributed by atoms with Crippen molar-refractivity contribution >= 4 is 17.4 Å². The van der Waals surface area contributed by atoms with E-state index < -0.39 is 6.10 Å². The molecule has 1 amide bonds. The van der Waals surface area contributed by atoms with Crippen LogP contribution in [0.3, 0.4) is 0 Å². The number of amides is 1. The van der Waals surface area contributed by atoms with Gasteiger partial charge in [0.1, 0.15) is 11.6 Å². The number of ketones is 1. The molecule has 1 N–H and O–H groups in total. The third-order valence-electron chi connectivity index (χ3n) is 3.93. The van der Waals surface area contributed by atoms with Gasteiger partial charge in [-0.2, -0.15) is 0 Å². The number of carbonyl (C=O) groups is 2. The summed E-state index contributed by atoms with van der Waals surface area (Å²) >= 11 is 0. The van der Waals surface area contributed by atoms with Crippen molar-refractivity contribution in [3.05, 3.63) is 78.1 Å². The summed E-state index contributed by atoms with van der Waals surface area (Å²) in [5.74, 6) is -0.196. The number of carbonyl (C=O) groups excluding carboxylic acids is 2. The minimum atomic E-state index is -0.774. The van der Waals surface area contributed by atoms with E-state index in [1.807, 2.05) is 0 Å². The van der Waals surface area contributed by atoms with Crippen molar-refractivity contribution in [2.45, 2.75) is 13.0 Å². The first-order chi connectivity index (χ1) is 12.9. The first kappa shape index (κ1) is 18.3. The Bertz CT molecular complexity index is 949. The average Bonchev–Trinajstić information content (AvgIpc) is 3.09. The van der Waals surface area contributed by atoms with Crippen LogP contribution in [0.2, 0.25) is 0 Å². The molecule has 1 atom stereocenters. The van der Waals surface area contributed by atoms with Gasteiger partial charge in [0, 0.05) is 30.7 Å². The quantitative estimate of drug-likeness (QED) is 0.679. The van der Waals surface area contributed by atoms with Crippen molar-refractivity contribution in [3.63, 3.8) is 0 Å². The number of nitrogens with one attached hydrogen (secondary N) is 1. The van der Waals surface area contributed by atoms with E-state index >= 15 is 0 Å². The van der Waals surface area contributed by atoms with Gasteiger partial charge in [-0.05, 0) is 55.5 Å². The lowest BCUT2D eigenvalue weighted by atomic mass is 10.1. The molecule has 138 valence electrons. The van der Waals surface area contributed by atoms with Crippen molar-refractivity contribution in [3.8, 4) is 5.75 Å². The Hall–Kier alpha value is -3.48. The number of hydrogen-bond acceptors (Lipinski definition) is 4. The number of anilines is 1. The van der Waals surface area contributed by atoms with E-state index in [0.717, 1.165) is 0 Å². The molecule has 0 aliphatic carbocycles. The summed E-state index contributed by atoms with van der Waals surface area (Å²) in [6, 6.07) is 12.0. The third-order valence-corrected chi connectivity index (χ3v) is 3.93. The van der Waals surface area contributed by atoms with E-state index in [4.69, 9.17) is 4.74 Å². The zero-order valence-corrected chi connectivity index (χ0v) is 14.8. The second-order valence-corrected chi connectivity index (χ2v) is 5.97. The Morgan fingerprint density at radius 1 is 1.11 bits per heavy atom. The van der Waals surface area contributed by atoms with Crippen molar-refractivity contribution in [2.24, 2.45) is 7.05 Å². The molecule has 0 bridgehead atoms. The molecule has 0 aliphatic rings. The molecule has 0 saturated heterocycles. The maximum absolute atomic E-state index is 12.9. The molecule has 0 unspecified atom stereocenters. The number of halogens is 1. The number of aryl methyl sites for hydroxylation is 1. The van der Waals surface area contributed by atoms with Gasteiger partial charge in [-0.25, -0.2) is 9.37 Å². The molecule has 7 heteroatoms. The summed E-state index contributed by atoms with van der Waals surface area (Å²) in [5.41, 5.74) is 1.00. The van der Waals surface area contributed by atoms with Gasteiger partial charge in [0.2, 0.25) is 5.78 Å². The van der Waals surface area contributed by atoms with Crippen molar-refractivity contribution in [1.82, 2.24) is 9.55 Å². The minimum Gasteiger partial charge on any atom is -0.481 e. The molecule has 0 spiro atoms. The Morgan fingerprint density at radius 3 is 2.37 bits per heavy atom. The fraction of sp³-hybridized carbons (Fsp3) is 0.150. The molecule has 0 aliphatic heterocycles. The topological polar surface area (TPSA) is 73.2 Å². The molecule has 6 nitrogen and oxygen atoms in total. The second-order valence-electron chi connectivity index (χ2n) is 5.97. The van der Waals surface area contributed by atoms with Gasteiger partial charge in [0.15, 0.2) is 11.9 Å². The predicted octanol–water partition coefficient (Wildman–Crippen LogP) is 3.20. The van der Waals surface area contributed by atoms with Crippen LogP contribution < -0.4 is 10.1 Å². The standard InChI is InChI=1S/C20H18FN3O3/c1-13(27-17-9-5-15(21)6-10-17)20(26)23-16-7-3-14(4-8-16)18(25)19-22-11-12-24(19)2/h3-13H,1-2H3,(H,23,26)/t13-/m1/s1. The second kappa shape index (κ2) is 7.82. The van der Waals surface area contributed by atoms with Crippen LogP contribution in [0, 0.1) is 5.82 Å². The summed E-state index contributed by atoms with van der Waals surface area (Å²) in [6.45, 7) is 1.59. The molecule has 27 heavy (non-hydrogen) atoms. The van der Waals surface area contributed by atoms with E-state index in [0.29, 0.717) is 22.8 Å². The molecule has 2 aromatic carbocycles. The Labute approximate surface area is 155 Å². The highest BCUT2D eigenvalue weighted by Gasteiger charge is 2.16. The maximum Gasteiger partial charge on any atom is 0.265 e. The number of rotatable bonds is 6. The molecule has 1 heterocycles. The SMILES string of the molecule is C[C@@H](Oc1ccc(F)cc1)C(=O)Nc1ccc(C(=O)c2nccn2C)cc1. The van der Waals surface area contributed by atoms with Gasteiger partial charge in [-0.3, -0.25) is 9.59 Å². The van der Waals surface area contributed by atoms with Gasteiger partial charge in [0.25, 0.3) is 5.91 Å². The van der Waals surface area contributed by atoms with Crippen LogP contribution in [0.4, 0.5) is 10.1 Å². The third kappa shape index (κ3) is 4.38. The van der Waals surface area contributed by atoms with Gasteiger partial charge >= 0.3 is 0 Å². The van der Waals surface area contributed by atoms with Crippen LogP contribution >= 0.6 is 0 Å². The van der Waals surface area contributed by atoms with Crippen molar-refractivity contribution in [2.75, 3.05) is 5.32 Å². The molecule has 0 fully saturated rings. The zero-order chi connectivity index (χ0) is 19.4. The summed E-state index contributed by atoms with van der Waals surface area (Å²) < 4.78 is 20.0. The Morgan fingerprint density at radius 2 is 1.78 bits per heavy atom. The number of hydrogen-bond donors (Lipinski definition) is 1. The minimum absolute atomic E-state index is 0.201. The summed E-state index contributed by atoms with van der Waals surface area (Å²) in [7, 11) is 1.75. The monoisotopic (exact) mass is 367 g/mol. The molecule has 0 saturated carbocycles. The number of nitrogens with zero attached hydrogens (tertiary/aromatic N) is 2. The Kier molecular flexibility index (Phi) is 5.30. The van der Waals surface area contributed by atoms with E-state index in [1.54, 1.807) is 55.2 Å². The molecule has 3 aromatic rings. The molecular formula is C20H18FN3O3. The fourth-order valence-electron chi connectivity index (χ4n) is 2.43. The van der Waals surface area contributed by atoms with Crippen molar-refractivity contribution in [1.29, 1.82) is 0 Å². The lowest BCUT2D eigenvalue weighted by Crippen LogP contribution is -2.30. The lowest BCUT2D eigenvalue weighted by molar-refractivity contribution is -0.122. The maximum atomic E-state index is 12.9. The highest BCUT2D eigenvalue weighted by Crippen LogP contribution is 2.16. The Balaban J connectivity index is 1.62. The van der Waals surface area contributed by atoms with Crippen LogP contribution in [0.1, 0.15) is 23.1 Å².